The van der Waals surface area contributed by atoms with E-state index >= 15 is 0 Å². The van der Waals surface area contributed by atoms with Gasteiger partial charge in [-0.05, 0) is 19.4 Å². The van der Waals surface area contributed by atoms with Gasteiger partial charge in [0.15, 0.2) is 0 Å². The highest BCUT2D eigenvalue weighted by atomic mass is 16.6. The number of nitro benzene ring substituents is 1. The lowest BCUT2D eigenvalue weighted by atomic mass is 10.1. The predicted octanol–water partition coefficient (Wildman–Crippen LogP) is 1.04. The first kappa shape index (κ1) is 19.1. The molecule has 0 saturated heterocycles. The number of carbonyl (C=O) groups excluding carboxylic acids is 2. The summed E-state index contributed by atoms with van der Waals surface area (Å²) < 4.78 is 0. The normalized spacial score (nSPS) is 11.4. The number of hydrogen-bond acceptors (Lipinski definition) is 5. The summed E-state index contributed by atoms with van der Waals surface area (Å²) in [4.78, 5) is 46.1. The van der Waals surface area contributed by atoms with Crippen molar-refractivity contribution in [3.05, 3.63) is 39.9 Å². The minimum absolute atomic E-state index is 0.0496. The lowest BCUT2D eigenvalue weighted by molar-refractivity contribution is -0.384. The fraction of sp³-hybridized carbons (Fsp3) is 0.400. The van der Waals surface area contributed by atoms with Crippen LogP contribution in [0.15, 0.2) is 24.3 Å². The van der Waals surface area contributed by atoms with Crippen molar-refractivity contribution in [3.8, 4) is 0 Å². The van der Waals surface area contributed by atoms with Crippen molar-refractivity contribution in [1.29, 1.82) is 0 Å². The number of amides is 2. The molecule has 9 nitrogen and oxygen atoms in total. The highest BCUT2D eigenvalue weighted by molar-refractivity contribution is 5.97. The van der Waals surface area contributed by atoms with Gasteiger partial charge < -0.3 is 15.3 Å². The van der Waals surface area contributed by atoms with Crippen LogP contribution in [-0.4, -0.2) is 52.3 Å². The number of nitrogens with one attached hydrogen (secondary N) is 1. The fourth-order valence-corrected chi connectivity index (χ4v) is 2.01. The molecule has 2 amide bonds. The van der Waals surface area contributed by atoms with Gasteiger partial charge in [0.25, 0.3) is 11.6 Å². The molecule has 0 heterocycles. The minimum atomic E-state index is -0.942. The molecule has 0 bridgehead atoms. The summed E-state index contributed by atoms with van der Waals surface area (Å²) in [5, 5.41) is 21.8. The van der Waals surface area contributed by atoms with Crippen LogP contribution in [0, 0.1) is 10.1 Å². The van der Waals surface area contributed by atoms with E-state index in [1.807, 2.05) is 0 Å². The first-order valence-corrected chi connectivity index (χ1v) is 7.24. The van der Waals surface area contributed by atoms with Gasteiger partial charge in [-0.1, -0.05) is 6.07 Å². The second-order valence-electron chi connectivity index (χ2n) is 5.26. The number of aliphatic carboxylic acids is 1. The molecule has 1 aromatic rings. The molecule has 2 N–H and O–H groups in total. The summed E-state index contributed by atoms with van der Waals surface area (Å²) in [6.07, 6.45) is 0.259. The van der Waals surface area contributed by atoms with E-state index in [1.54, 1.807) is 0 Å². The maximum Gasteiger partial charge on any atom is 0.303 e. The monoisotopic (exact) mass is 337 g/mol. The fourth-order valence-electron chi connectivity index (χ4n) is 2.01. The molecule has 1 atom stereocenters. The molecule has 1 aromatic carbocycles. The summed E-state index contributed by atoms with van der Waals surface area (Å²) in [6, 6.07) is 4.35. The van der Waals surface area contributed by atoms with Crippen molar-refractivity contribution in [1.82, 2.24) is 10.2 Å². The van der Waals surface area contributed by atoms with Crippen molar-refractivity contribution in [2.24, 2.45) is 0 Å². The van der Waals surface area contributed by atoms with E-state index in [0.29, 0.717) is 6.42 Å². The lowest BCUT2D eigenvalue weighted by Crippen LogP contribution is -2.45. The van der Waals surface area contributed by atoms with Gasteiger partial charge in [-0.3, -0.25) is 24.5 Å². The molecule has 0 aromatic heterocycles. The lowest BCUT2D eigenvalue weighted by Gasteiger charge is -2.21. The second-order valence-corrected chi connectivity index (χ2v) is 5.26. The molecule has 130 valence electrons. The largest absolute Gasteiger partial charge is 0.481 e. The van der Waals surface area contributed by atoms with Crippen LogP contribution >= 0.6 is 0 Å². The van der Waals surface area contributed by atoms with E-state index in [9.17, 15) is 24.5 Å². The highest BCUT2D eigenvalue weighted by Crippen LogP contribution is 2.13. The van der Waals surface area contributed by atoms with Crippen molar-refractivity contribution in [2.45, 2.75) is 25.8 Å². The van der Waals surface area contributed by atoms with Crippen LogP contribution in [0.3, 0.4) is 0 Å². The van der Waals surface area contributed by atoms with E-state index in [4.69, 9.17) is 5.11 Å². The molecule has 0 aliphatic rings. The Morgan fingerprint density at radius 3 is 2.62 bits per heavy atom. The van der Waals surface area contributed by atoms with E-state index in [-0.39, 0.29) is 30.1 Å². The van der Waals surface area contributed by atoms with Crippen LogP contribution < -0.4 is 5.32 Å². The number of likely N-dealkylation sites (N-methyl/N-ethyl adjacent to an activating group) is 1. The summed E-state index contributed by atoms with van der Waals surface area (Å²) in [6.45, 7) is 1.74. The summed E-state index contributed by atoms with van der Waals surface area (Å²) in [7, 11) is 1.51. The molecular weight excluding hydrogens is 318 g/mol. The number of rotatable bonds is 8. The Morgan fingerprint density at radius 1 is 1.38 bits per heavy atom. The molecule has 24 heavy (non-hydrogen) atoms. The van der Waals surface area contributed by atoms with Crippen molar-refractivity contribution in [3.63, 3.8) is 0 Å². The van der Waals surface area contributed by atoms with Gasteiger partial charge >= 0.3 is 5.97 Å². The third-order valence-corrected chi connectivity index (χ3v) is 3.30. The van der Waals surface area contributed by atoms with Gasteiger partial charge in [-0.15, -0.1) is 0 Å². The van der Waals surface area contributed by atoms with Crippen molar-refractivity contribution >= 4 is 23.5 Å². The Labute approximate surface area is 138 Å². The van der Waals surface area contributed by atoms with E-state index in [0.717, 1.165) is 6.07 Å². The molecule has 0 aliphatic carbocycles. The summed E-state index contributed by atoms with van der Waals surface area (Å²) in [5.41, 5.74) is -0.134. The Hall–Kier alpha value is -2.97. The number of carboxylic acid groups (broad SMARTS) is 1. The highest BCUT2D eigenvalue weighted by Gasteiger charge is 2.21. The molecule has 9 heteroatoms. The first-order chi connectivity index (χ1) is 11.2. The molecule has 1 unspecified atom stereocenters. The zero-order valence-corrected chi connectivity index (χ0v) is 13.4. The molecule has 0 fully saturated rings. The maximum atomic E-state index is 12.1. The van der Waals surface area contributed by atoms with Gasteiger partial charge in [0.05, 0.1) is 4.92 Å². The predicted molar refractivity (Wildman–Crippen MR) is 84.5 cm³/mol. The Bertz CT molecular complexity index is 646. The number of non-ortho nitro benzene ring substituents is 1. The number of benzene rings is 1. The van der Waals surface area contributed by atoms with E-state index in [1.165, 1.54) is 37.1 Å². The van der Waals surface area contributed by atoms with Crippen LogP contribution in [0.5, 0.6) is 0 Å². The SMILES string of the molecule is CC(NC(=O)c1cccc([N+](=O)[O-])c1)C(=O)N(C)CCCC(=O)O. The third kappa shape index (κ3) is 5.67. The first-order valence-electron chi connectivity index (χ1n) is 7.24. The van der Waals surface area contributed by atoms with Gasteiger partial charge in [0, 0.05) is 37.7 Å². The topological polar surface area (TPSA) is 130 Å². The zero-order chi connectivity index (χ0) is 18.3. The molecule has 0 aliphatic heterocycles. The van der Waals surface area contributed by atoms with Crippen LogP contribution in [0.1, 0.15) is 30.1 Å². The molecule has 0 saturated carbocycles. The standard InChI is InChI=1S/C15H19N3O6/c1-10(15(22)17(2)8-4-7-13(19)20)16-14(21)11-5-3-6-12(9-11)18(23)24/h3,5-6,9-10H,4,7-8H2,1-2H3,(H,16,21)(H,19,20). The average Bonchev–Trinajstić information content (AvgIpc) is 2.53. The van der Waals surface area contributed by atoms with Crippen LogP contribution in [0.25, 0.3) is 0 Å². The smallest absolute Gasteiger partial charge is 0.303 e. The molecular formula is C15H19N3O6. The zero-order valence-electron chi connectivity index (χ0n) is 13.4. The van der Waals surface area contributed by atoms with E-state index < -0.39 is 22.8 Å². The number of nitro groups is 1. The van der Waals surface area contributed by atoms with Crippen LogP contribution in [0.4, 0.5) is 5.69 Å². The Kier molecular flexibility index (Phi) is 6.84. The Balaban J connectivity index is 2.62. The summed E-state index contributed by atoms with van der Waals surface area (Å²) >= 11 is 0. The van der Waals surface area contributed by atoms with Gasteiger partial charge in [-0.2, -0.15) is 0 Å². The minimum Gasteiger partial charge on any atom is -0.481 e. The number of hydrogen-bond donors (Lipinski definition) is 2. The molecule has 0 radical (unpaired) electrons. The van der Waals surface area contributed by atoms with Gasteiger partial charge in [0.1, 0.15) is 6.04 Å². The maximum absolute atomic E-state index is 12.1. The molecule has 1 rings (SSSR count). The molecule has 0 spiro atoms. The van der Waals surface area contributed by atoms with Crippen molar-refractivity contribution < 1.29 is 24.4 Å². The average molecular weight is 337 g/mol. The van der Waals surface area contributed by atoms with Crippen LogP contribution in [0.2, 0.25) is 0 Å². The number of carboxylic acids is 1. The number of carbonyl (C=O) groups is 3. The second kappa shape index (κ2) is 8.61. The van der Waals surface area contributed by atoms with Crippen molar-refractivity contribution in [2.75, 3.05) is 13.6 Å². The van der Waals surface area contributed by atoms with Gasteiger partial charge in [-0.25, -0.2) is 0 Å². The van der Waals surface area contributed by atoms with Crippen LogP contribution in [-0.2, 0) is 9.59 Å². The number of nitrogens with zero attached hydrogens (tertiary/aromatic N) is 2. The van der Waals surface area contributed by atoms with Gasteiger partial charge in [0.2, 0.25) is 5.91 Å². The third-order valence-electron chi connectivity index (χ3n) is 3.30. The summed E-state index contributed by atoms with van der Waals surface area (Å²) in [5.74, 6) is -1.92. The quantitative estimate of drug-likeness (QED) is 0.538. The van der Waals surface area contributed by atoms with E-state index in [2.05, 4.69) is 5.32 Å². The Morgan fingerprint density at radius 2 is 2.04 bits per heavy atom.